The van der Waals surface area contributed by atoms with Gasteiger partial charge in [0.15, 0.2) is 4.80 Å². The average Bonchev–Trinajstić information content (AvgIpc) is 3.03. The van der Waals surface area contributed by atoms with Gasteiger partial charge >= 0.3 is 0 Å². The zero-order chi connectivity index (χ0) is 19.8. The Morgan fingerprint density at radius 1 is 1.18 bits per heavy atom. The minimum atomic E-state index is -0.0714. The molecule has 1 amide bonds. The topological polar surface area (TPSA) is 43.6 Å². The van der Waals surface area contributed by atoms with Gasteiger partial charge in [-0.1, -0.05) is 29.5 Å². The monoisotopic (exact) mass is 432 g/mol. The minimum absolute atomic E-state index is 0.0714. The Balaban J connectivity index is 1.79. The van der Waals surface area contributed by atoms with Gasteiger partial charge in [-0.2, -0.15) is 16.8 Å². The number of amides is 1. The highest BCUT2D eigenvalue weighted by molar-refractivity contribution is 7.99. The first-order valence-corrected chi connectivity index (χ1v) is 12.4. The van der Waals surface area contributed by atoms with E-state index in [1.165, 1.54) is 4.90 Å². The number of hydrogen-bond donors (Lipinski definition) is 0. The van der Waals surface area contributed by atoms with Crippen LogP contribution in [0.25, 0.3) is 10.2 Å². The third kappa shape index (κ3) is 5.65. The van der Waals surface area contributed by atoms with E-state index in [0.29, 0.717) is 13.0 Å². The maximum absolute atomic E-state index is 12.5. The molecule has 0 radical (unpaired) electrons. The first-order valence-electron chi connectivity index (χ1n) is 9.21. The van der Waals surface area contributed by atoms with Crippen molar-refractivity contribution in [1.82, 2.24) is 4.57 Å². The van der Waals surface area contributed by atoms with Gasteiger partial charge in [-0.3, -0.25) is 4.79 Å². The summed E-state index contributed by atoms with van der Waals surface area (Å²) in [5, 5.41) is 0. The molecule has 2 aromatic carbocycles. The summed E-state index contributed by atoms with van der Waals surface area (Å²) in [6.07, 6.45) is 2.52. The second-order valence-electron chi connectivity index (χ2n) is 6.01. The number of aromatic nitrogens is 1. The minimum Gasteiger partial charge on any atom is -0.494 e. The summed E-state index contributed by atoms with van der Waals surface area (Å²) >= 11 is 5.03. The van der Waals surface area contributed by atoms with E-state index in [0.717, 1.165) is 38.8 Å². The number of benzene rings is 2. The van der Waals surface area contributed by atoms with Crippen LogP contribution in [0.15, 0.2) is 58.4 Å². The van der Waals surface area contributed by atoms with Crippen molar-refractivity contribution >= 4 is 51.0 Å². The number of aryl methyl sites for hydroxylation is 1. The van der Waals surface area contributed by atoms with Gasteiger partial charge in [0.05, 0.1) is 16.8 Å². The van der Waals surface area contributed by atoms with Crippen molar-refractivity contribution in [3.05, 3.63) is 53.3 Å². The Morgan fingerprint density at radius 2 is 2.00 bits per heavy atom. The quantitative estimate of drug-likeness (QED) is 0.443. The van der Waals surface area contributed by atoms with Crippen LogP contribution in [0.3, 0.4) is 0 Å². The Morgan fingerprint density at radius 3 is 2.75 bits per heavy atom. The van der Waals surface area contributed by atoms with Gasteiger partial charge in [-0.05, 0) is 43.5 Å². The van der Waals surface area contributed by atoms with Crippen LogP contribution in [0.5, 0.6) is 5.75 Å². The largest absolute Gasteiger partial charge is 0.494 e. The molecule has 4 nitrogen and oxygen atoms in total. The Hall–Kier alpha value is -1.70. The number of fused-ring (bicyclic) bond motifs is 1. The molecular formula is C21H24N2O2S3. The molecule has 1 aromatic heterocycles. The third-order valence-corrected chi connectivity index (χ3v) is 6.68. The average molecular weight is 433 g/mol. The molecular weight excluding hydrogens is 408 g/mol. The molecule has 0 N–H and O–H groups in total. The van der Waals surface area contributed by atoms with Gasteiger partial charge in [-0.25, -0.2) is 0 Å². The molecule has 0 atom stereocenters. The summed E-state index contributed by atoms with van der Waals surface area (Å²) in [6, 6.07) is 16.2. The fraction of sp³-hybridized carbons (Fsp3) is 0.333. The molecule has 3 aromatic rings. The Bertz CT molecular complexity index is 980. The third-order valence-electron chi connectivity index (χ3n) is 4.03. The lowest BCUT2D eigenvalue weighted by Crippen LogP contribution is -2.18. The molecule has 0 unspecified atom stereocenters. The first kappa shape index (κ1) is 21.0. The molecule has 148 valence electrons. The van der Waals surface area contributed by atoms with Crippen molar-refractivity contribution in [3.8, 4) is 5.75 Å². The van der Waals surface area contributed by atoms with Crippen LogP contribution in [0.2, 0.25) is 0 Å². The van der Waals surface area contributed by atoms with E-state index in [9.17, 15) is 4.79 Å². The van der Waals surface area contributed by atoms with Crippen molar-refractivity contribution in [1.29, 1.82) is 0 Å². The van der Waals surface area contributed by atoms with Gasteiger partial charge in [0, 0.05) is 29.4 Å². The first-order chi connectivity index (χ1) is 13.7. The second kappa shape index (κ2) is 10.7. The molecule has 0 fully saturated rings. The normalized spacial score (nSPS) is 11.9. The Kier molecular flexibility index (Phi) is 8.06. The number of carbonyl (C=O) groups is 1. The van der Waals surface area contributed by atoms with Crippen molar-refractivity contribution in [2.24, 2.45) is 4.99 Å². The molecule has 0 bridgehead atoms. The zero-order valence-electron chi connectivity index (χ0n) is 16.1. The van der Waals surface area contributed by atoms with Crippen molar-refractivity contribution < 1.29 is 9.53 Å². The Labute approximate surface area is 178 Å². The summed E-state index contributed by atoms with van der Waals surface area (Å²) in [6.45, 7) is 3.45. The molecule has 3 rings (SSSR count). The molecule has 0 saturated heterocycles. The number of rotatable bonds is 9. The summed E-state index contributed by atoms with van der Waals surface area (Å²) in [5.41, 5.74) is 1.10. The number of hydrogen-bond acceptors (Lipinski definition) is 5. The molecule has 0 aliphatic heterocycles. The van der Waals surface area contributed by atoms with Crippen LogP contribution in [0.1, 0.15) is 13.3 Å². The summed E-state index contributed by atoms with van der Waals surface area (Å²) < 4.78 is 8.86. The maximum Gasteiger partial charge on any atom is 0.249 e. The highest BCUT2D eigenvalue weighted by atomic mass is 32.2. The van der Waals surface area contributed by atoms with Crippen molar-refractivity contribution in [3.63, 3.8) is 0 Å². The van der Waals surface area contributed by atoms with Gasteiger partial charge in [0.25, 0.3) is 0 Å². The van der Waals surface area contributed by atoms with Crippen molar-refractivity contribution in [2.45, 2.75) is 24.8 Å². The zero-order valence-corrected chi connectivity index (χ0v) is 18.5. The highest BCUT2D eigenvalue weighted by Gasteiger charge is 2.09. The van der Waals surface area contributed by atoms with E-state index < -0.39 is 0 Å². The molecule has 0 spiro atoms. The van der Waals surface area contributed by atoms with Gasteiger partial charge in [0.2, 0.25) is 5.91 Å². The van der Waals surface area contributed by atoms with Crippen LogP contribution >= 0.6 is 34.9 Å². The van der Waals surface area contributed by atoms with E-state index in [4.69, 9.17) is 4.74 Å². The van der Waals surface area contributed by atoms with Crippen LogP contribution in [-0.4, -0.2) is 34.8 Å². The number of thiazole rings is 1. The van der Waals surface area contributed by atoms with Crippen LogP contribution in [0, 0.1) is 0 Å². The fourth-order valence-corrected chi connectivity index (χ4v) is 5.06. The lowest BCUT2D eigenvalue weighted by molar-refractivity contribution is -0.117. The SMILES string of the molecule is CCOc1ccc2c(c1)sc(=NC(=O)CCSc1ccccc1)n2CCSC. The number of carbonyl (C=O) groups excluding carboxylic acids is 1. The smallest absolute Gasteiger partial charge is 0.249 e. The van der Waals surface area contributed by atoms with Gasteiger partial charge < -0.3 is 9.30 Å². The van der Waals surface area contributed by atoms with Crippen LogP contribution < -0.4 is 9.54 Å². The molecule has 0 saturated carbocycles. The van der Waals surface area contributed by atoms with E-state index >= 15 is 0 Å². The predicted molar refractivity (Wildman–Crippen MR) is 122 cm³/mol. The van der Waals surface area contributed by atoms with E-state index in [1.54, 1.807) is 34.9 Å². The molecule has 0 aliphatic carbocycles. The molecule has 7 heteroatoms. The summed E-state index contributed by atoms with van der Waals surface area (Å²) in [7, 11) is 0. The van der Waals surface area contributed by atoms with E-state index in [-0.39, 0.29) is 5.91 Å². The molecule has 1 heterocycles. The number of ether oxygens (including phenoxy) is 1. The number of nitrogens with zero attached hydrogens (tertiary/aromatic N) is 2. The maximum atomic E-state index is 12.5. The standard InChI is InChI=1S/C21H24N2O2S3/c1-3-25-16-9-10-18-19(15-16)28-21(23(18)12-14-26-2)22-20(24)11-13-27-17-7-5-4-6-8-17/h4-10,15H,3,11-14H2,1-2H3. The predicted octanol–water partition coefficient (Wildman–Crippen LogP) is 5.07. The number of thioether (sulfide) groups is 2. The lowest BCUT2D eigenvalue weighted by Gasteiger charge is -2.05. The van der Waals surface area contributed by atoms with Gasteiger partial charge in [0.1, 0.15) is 5.75 Å². The second-order valence-corrected chi connectivity index (χ2v) is 9.17. The van der Waals surface area contributed by atoms with E-state index in [1.807, 2.05) is 37.3 Å². The molecule has 0 aliphatic rings. The fourth-order valence-electron chi connectivity index (χ4n) is 2.73. The van der Waals surface area contributed by atoms with Gasteiger partial charge in [-0.15, -0.1) is 11.8 Å². The van der Waals surface area contributed by atoms with Crippen LogP contribution in [0.4, 0.5) is 0 Å². The van der Waals surface area contributed by atoms with Crippen LogP contribution in [-0.2, 0) is 11.3 Å². The summed E-state index contributed by atoms with van der Waals surface area (Å²) in [5.74, 6) is 2.49. The van der Waals surface area contributed by atoms with Crippen molar-refractivity contribution in [2.75, 3.05) is 24.4 Å². The lowest BCUT2D eigenvalue weighted by atomic mass is 10.3. The summed E-state index contributed by atoms with van der Waals surface area (Å²) in [4.78, 5) is 18.8. The van der Waals surface area contributed by atoms with E-state index in [2.05, 4.69) is 34.0 Å². The highest BCUT2D eigenvalue weighted by Crippen LogP contribution is 2.24. The molecule has 28 heavy (non-hydrogen) atoms.